The van der Waals surface area contributed by atoms with Crippen molar-refractivity contribution in [1.29, 1.82) is 0 Å². The number of para-hydroxylation sites is 3. The van der Waals surface area contributed by atoms with Gasteiger partial charge in [0.15, 0.2) is 35.2 Å². The Morgan fingerprint density at radius 3 is 2.12 bits per heavy atom. The van der Waals surface area contributed by atoms with Gasteiger partial charge in [0.1, 0.15) is 6.61 Å². The molecule has 6 heteroatoms. The number of ether oxygens (including phenoxy) is 5. The molecule has 1 aliphatic heterocycles. The summed E-state index contributed by atoms with van der Waals surface area (Å²) in [5, 5.41) is 3.43. The van der Waals surface area contributed by atoms with Gasteiger partial charge < -0.3 is 29.0 Å². The highest BCUT2D eigenvalue weighted by Crippen LogP contribution is 2.39. The Morgan fingerprint density at radius 2 is 1.47 bits per heavy atom. The highest BCUT2D eigenvalue weighted by molar-refractivity contribution is 5.51. The number of aryl methyl sites for hydroxylation is 1. The molecule has 0 unspecified atom stereocenters. The number of nitrogens with one attached hydrogen (secondary N) is 1. The van der Waals surface area contributed by atoms with Gasteiger partial charge in [0.2, 0.25) is 5.75 Å². The first-order valence-corrected chi connectivity index (χ1v) is 10.7. The van der Waals surface area contributed by atoms with Gasteiger partial charge in [-0.1, -0.05) is 48.0 Å². The summed E-state index contributed by atoms with van der Waals surface area (Å²) in [4.78, 5) is 0. The fourth-order valence-corrected chi connectivity index (χ4v) is 3.70. The second kappa shape index (κ2) is 10.3. The quantitative estimate of drug-likeness (QED) is 0.497. The maximum Gasteiger partial charge on any atom is 0.203 e. The zero-order valence-electron chi connectivity index (χ0n) is 18.7. The fraction of sp³-hybridized carbons (Fsp3) is 0.308. The van der Waals surface area contributed by atoms with E-state index in [0.717, 1.165) is 17.1 Å². The molecular weight excluding hydrogens is 406 g/mol. The van der Waals surface area contributed by atoms with Gasteiger partial charge in [-0.15, -0.1) is 0 Å². The molecule has 168 valence electrons. The second-order valence-electron chi connectivity index (χ2n) is 7.60. The van der Waals surface area contributed by atoms with Crippen molar-refractivity contribution in [1.82, 2.24) is 5.32 Å². The Labute approximate surface area is 189 Å². The van der Waals surface area contributed by atoms with E-state index in [1.807, 2.05) is 42.5 Å². The molecule has 0 radical (unpaired) electrons. The Hall–Kier alpha value is -3.38. The van der Waals surface area contributed by atoms with E-state index in [1.165, 1.54) is 5.56 Å². The molecule has 1 heterocycles. The average molecular weight is 436 g/mol. The minimum Gasteiger partial charge on any atom is -0.493 e. The molecule has 2 atom stereocenters. The normalized spacial score (nSPS) is 17.0. The van der Waals surface area contributed by atoms with E-state index in [0.29, 0.717) is 36.9 Å². The van der Waals surface area contributed by atoms with Crippen molar-refractivity contribution in [2.24, 2.45) is 0 Å². The van der Waals surface area contributed by atoms with Gasteiger partial charge >= 0.3 is 0 Å². The summed E-state index contributed by atoms with van der Waals surface area (Å²) >= 11 is 0. The topological polar surface area (TPSA) is 58.2 Å². The molecule has 0 spiro atoms. The lowest BCUT2D eigenvalue weighted by Crippen LogP contribution is -2.42. The van der Waals surface area contributed by atoms with Crippen LogP contribution in [-0.4, -0.2) is 40.0 Å². The lowest BCUT2D eigenvalue weighted by Gasteiger charge is -2.34. The van der Waals surface area contributed by atoms with Crippen LogP contribution in [0.1, 0.15) is 17.2 Å². The Balaban J connectivity index is 1.38. The van der Waals surface area contributed by atoms with E-state index in [1.54, 1.807) is 14.2 Å². The van der Waals surface area contributed by atoms with Crippen LogP contribution in [0.4, 0.5) is 0 Å². The zero-order valence-corrected chi connectivity index (χ0v) is 18.7. The standard InChI is InChI=1S/C26H29NO5/c1-18-11-13-19(14-12-18)25-24(31-20-7-4-5-8-21(20)32-25)17-27-15-16-30-26-22(28-2)9-6-10-23(26)29-3/h4-14,24-25,27H,15-17H2,1-3H3/t24-,25+/m1/s1. The van der Waals surface area contributed by atoms with Gasteiger partial charge in [0, 0.05) is 13.1 Å². The maximum atomic E-state index is 6.33. The van der Waals surface area contributed by atoms with Crippen molar-refractivity contribution in [3.63, 3.8) is 0 Å². The summed E-state index contributed by atoms with van der Waals surface area (Å²) in [6, 6.07) is 21.7. The summed E-state index contributed by atoms with van der Waals surface area (Å²) in [5.41, 5.74) is 2.30. The number of hydrogen-bond donors (Lipinski definition) is 1. The molecular formula is C26H29NO5. The number of fused-ring (bicyclic) bond motifs is 1. The molecule has 0 saturated heterocycles. The van der Waals surface area contributed by atoms with Gasteiger partial charge in [0.05, 0.1) is 14.2 Å². The van der Waals surface area contributed by atoms with Crippen LogP contribution in [-0.2, 0) is 0 Å². The highest BCUT2D eigenvalue weighted by atomic mass is 16.6. The summed E-state index contributed by atoms with van der Waals surface area (Å²) in [7, 11) is 3.23. The van der Waals surface area contributed by atoms with Crippen LogP contribution in [0.2, 0.25) is 0 Å². The third kappa shape index (κ3) is 4.92. The van der Waals surface area contributed by atoms with E-state index < -0.39 is 0 Å². The molecule has 3 aromatic carbocycles. The van der Waals surface area contributed by atoms with Crippen LogP contribution in [0.3, 0.4) is 0 Å². The Kier molecular flexibility index (Phi) is 7.02. The van der Waals surface area contributed by atoms with E-state index >= 15 is 0 Å². The number of hydrogen-bond acceptors (Lipinski definition) is 6. The maximum absolute atomic E-state index is 6.33. The number of benzene rings is 3. The van der Waals surface area contributed by atoms with Crippen molar-refractivity contribution in [3.8, 4) is 28.7 Å². The molecule has 32 heavy (non-hydrogen) atoms. The van der Waals surface area contributed by atoms with E-state index in [2.05, 4.69) is 36.5 Å². The van der Waals surface area contributed by atoms with Crippen LogP contribution in [0.15, 0.2) is 66.7 Å². The minimum atomic E-state index is -0.201. The van der Waals surface area contributed by atoms with Gasteiger partial charge in [-0.25, -0.2) is 0 Å². The third-order valence-corrected chi connectivity index (χ3v) is 5.38. The smallest absolute Gasteiger partial charge is 0.203 e. The second-order valence-corrected chi connectivity index (χ2v) is 7.60. The van der Waals surface area contributed by atoms with Crippen molar-refractivity contribution < 1.29 is 23.7 Å². The van der Waals surface area contributed by atoms with Crippen LogP contribution >= 0.6 is 0 Å². The lowest BCUT2D eigenvalue weighted by molar-refractivity contribution is 0.0198. The zero-order chi connectivity index (χ0) is 22.3. The van der Waals surface area contributed by atoms with Crippen LogP contribution < -0.4 is 29.0 Å². The molecule has 0 aliphatic carbocycles. The van der Waals surface area contributed by atoms with Crippen molar-refractivity contribution in [3.05, 3.63) is 77.9 Å². The Bertz CT molecular complexity index is 999. The van der Waals surface area contributed by atoms with Crippen molar-refractivity contribution in [2.45, 2.75) is 19.1 Å². The first kappa shape index (κ1) is 21.8. The predicted molar refractivity (Wildman–Crippen MR) is 123 cm³/mol. The molecule has 1 aliphatic rings. The van der Waals surface area contributed by atoms with Gasteiger partial charge in [0.25, 0.3) is 0 Å². The molecule has 0 aromatic heterocycles. The van der Waals surface area contributed by atoms with Crippen LogP contribution in [0, 0.1) is 6.92 Å². The molecule has 0 saturated carbocycles. The molecule has 0 fully saturated rings. The van der Waals surface area contributed by atoms with Crippen LogP contribution in [0.5, 0.6) is 28.7 Å². The highest BCUT2D eigenvalue weighted by Gasteiger charge is 2.32. The molecule has 3 aromatic rings. The molecule has 6 nitrogen and oxygen atoms in total. The summed E-state index contributed by atoms with van der Waals surface area (Å²) < 4.78 is 29.3. The minimum absolute atomic E-state index is 0.173. The molecule has 0 amide bonds. The van der Waals surface area contributed by atoms with Gasteiger partial charge in [-0.3, -0.25) is 0 Å². The number of rotatable bonds is 9. The van der Waals surface area contributed by atoms with Gasteiger partial charge in [-0.05, 0) is 36.8 Å². The fourth-order valence-electron chi connectivity index (χ4n) is 3.70. The summed E-state index contributed by atoms with van der Waals surface area (Å²) in [5.74, 6) is 3.41. The average Bonchev–Trinajstić information content (AvgIpc) is 2.83. The van der Waals surface area contributed by atoms with E-state index in [4.69, 9.17) is 23.7 Å². The largest absolute Gasteiger partial charge is 0.493 e. The Morgan fingerprint density at radius 1 is 0.812 bits per heavy atom. The third-order valence-electron chi connectivity index (χ3n) is 5.38. The molecule has 0 bridgehead atoms. The summed E-state index contributed by atoms with van der Waals surface area (Å²) in [6.07, 6.45) is -0.373. The first-order valence-electron chi connectivity index (χ1n) is 10.7. The van der Waals surface area contributed by atoms with Gasteiger partial charge in [-0.2, -0.15) is 0 Å². The monoisotopic (exact) mass is 435 g/mol. The van der Waals surface area contributed by atoms with Crippen LogP contribution in [0.25, 0.3) is 0 Å². The predicted octanol–water partition coefficient (Wildman–Crippen LogP) is 4.56. The van der Waals surface area contributed by atoms with E-state index in [-0.39, 0.29) is 12.2 Å². The lowest BCUT2D eigenvalue weighted by atomic mass is 10.0. The van der Waals surface area contributed by atoms with E-state index in [9.17, 15) is 0 Å². The first-order chi connectivity index (χ1) is 15.7. The van der Waals surface area contributed by atoms with Crippen molar-refractivity contribution >= 4 is 0 Å². The molecule has 1 N–H and O–H groups in total. The SMILES string of the molecule is COc1cccc(OC)c1OCCNC[C@H]1Oc2ccccc2O[C@H]1c1ccc(C)cc1. The summed E-state index contributed by atoms with van der Waals surface area (Å²) in [6.45, 7) is 3.77. The number of methoxy groups -OCH3 is 2. The molecule has 4 rings (SSSR count). The van der Waals surface area contributed by atoms with Crippen molar-refractivity contribution in [2.75, 3.05) is 33.9 Å².